The van der Waals surface area contributed by atoms with Crippen molar-refractivity contribution in [2.45, 2.75) is 38.9 Å². The third-order valence-corrected chi connectivity index (χ3v) is 3.67. The maximum absolute atomic E-state index is 11.8. The van der Waals surface area contributed by atoms with E-state index in [1.54, 1.807) is 6.07 Å². The summed E-state index contributed by atoms with van der Waals surface area (Å²) in [5, 5.41) is 11.1. The van der Waals surface area contributed by atoms with E-state index in [2.05, 4.69) is 0 Å². The summed E-state index contributed by atoms with van der Waals surface area (Å²) in [6.07, 6.45) is -0.402. The smallest absolute Gasteiger partial charge is 0.410 e. The first-order valence-corrected chi connectivity index (χ1v) is 6.95. The Kier molecular flexibility index (Phi) is 3.73. The van der Waals surface area contributed by atoms with Gasteiger partial charge in [-0.15, -0.1) is 0 Å². The SMILES string of the molecule is Cc1ccc(C2(O)CN(C(=O)OC(C)(C)C)C2)cc1Cl. The highest BCUT2D eigenvalue weighted by Crippen LogP contribution is 2.34. The van der Waals surface area contributed by atoms with E-state index in [0.717, 1.165) is 11.1 Å². The predicted molar refractivity (Wildman–Crippen MR) is 77.9 cm³/mol. The molecule has 110 valence electrons. The number of nitrogens with zero attached hydrogens (tertiary/aromatic N) is 1. The summed E-state index contributed by atoms with van der Waals surface area (Å²) in [5.74, 6) is 0. The van der Waals surface area contributed by atoms with Crippen LogP contribution < -0.4 is 0 Å². The van der Waals surface area contributed by atoms with Crippen molar-refractivity contribution in [2.75, 3.05) is 13.1 Å². The molecule has 1 heterocycles. The van der Waals surface area contributed by atoms with Crippen molar-refractivity contribution >= 4 is 17.7 Å². The number of rotatable bonds is 1. The molecule has 5 heteroatoms. The maximum atomic E-state index is 11.8. The lowest BCUT2D eigenvalue weighted by molar-refractivity contribution is -0.103. The van der Waals surface area contributed by atoms with Gasteiger partial charge in [0.1, 0.15) is 11.2 Å². The molecule has 0 radical (unpaired) electrons. The van der Waals surface area contributed by atoms with Crippen LogP contribution in [0.15, 0.2) is 18.2 Å². The molecule has 1 aliphatic rings. The van der Waals surface area contributed by atoms with E-state index in [4.69, 9.17) is 16.3 Å². The third kappa shape index (κ3) is 3.07. The van der Waals surface area contributed by atoms with Gasteiger partial charge in [0.15, 0.2) is 0 Å². The summed E-state index contributed by atoms with van der Waals surface area (Å²) < 4.78 is 5.26. The zero-order chi connectivity index (χ0) is 15.1. The van der Waals surface area contributed by atoms with E-state index in [-0.39, 0.29) is 13.1 Å². The first-order chi connectivity index (χ1) is 9.11. The highest BCUT2D eigenvalue weighted by molar-refractivity contribution is 6.31. The van der Waals surface area contributed by atoms with Gasteiger partial charge in [-0.3, -0.25) is 0 Å². The molecule has 2 rings (SSSR count). The number of likely N-dealkylation sites (tertiary alicyclic amines) is 1. The Labute approximate surface area is 124 Å². The quantitative estimate of drug-likeness (QED) is 0.866. The molecule has 0 atom stereocenters. The number of halogens is 1. The Morgan fingerprint density at radius 1 is 1.40 bits per heavy atom. The molecule has 1 fully saturated rings. The minimum absolute atomic E-state index is 0.224. The second-order valence-corrected chi connectivity index (χ2v) is 6.74. The molecular weight excluding hydrogens is 278 g/mol. The lowest BCUT2D eigenvalue weighted by Crippen LogP contribution is -2.61. The van der Waals surface area contributed by atoms with Gasteiger partial charge in [0, 0.05) is 5.02 Å². The van der Waals surface area contributed by atoms with Crippen LogP contribution in [0, 0.1) is 6.92 Å². The second-order valence-electron chi connectivity index (χ2n) is 6.33. The Hall–Kier alpha value is -1.26. The summed E-state index contributed by atoms with van der Waals surface area (Å²) in [7, 11) is 0. The molecule has 0 aliphatic carbocycles. The van der Waals surface area contributed by atoms with Crippen molar-refractivity contribution in [3.63, 3.8) is 0 Å². The molecule has 20 heavy (non-hydrogen) atoms. The molecule has 1 aliphatic heterocycles. The number of carbonyl (C=O) groups is 1. The monoisotopic (exact) mass is 297 g/mol. The molecule has 0 bridgehead atoms. The molecule has 0 spiro atoms. The van der Waals surface area contributed by atoms with Crippen LogP contribution in [0.1, 0.15) is 31.9 Å². The fourth-order valence-electron chi connectivity index (χ4n) is 2.11. The zero-order valence-corrected chi connectivity index (χ0v) is 13.0. The standard InChI is InChI=1S/C15H20ClNO3/c1-10-5-6-11(7-12(10)16)15(19)8-17(9-15)13(18)20-14(2,3)4/h5-7,19H,8-9H2,1-4H3. The topological polar surface area (TPSA) is 49.8 Å². The van der Waals surface area contributed by atoms with Crippen LogP contribution in [0.5, 0.6) is 0 Å². The Morgan fingerprint density at radius 2 is 2.00 bits per heavy atom. The number of hydrogen-bond acceptors (Lipinski definition) is 3. The highest BCUT2D eigenvalue weighted by atomic mass is 35.5. The zero-order valence-electron chi connectivity index (χ0n) is 12.2. The molecular formula is C15H20ClNO3. The van der Waals surface area contributed by atoms with E-state index in [1.807, 2.05) is 39.8 Å². The van der Waals surface area contributed by atoms with E-state index in [0.29, 0.717) is 5.02 Å². The van der Waals surface area contributed by atoms with Crippen molar-refractivity contribution in [2.24, 2.45) is 0 Å². The normalized spacial score (nSPS) is 17.6. The van der Waals surface area contributed by atoms with E-state index >= 15 is 0 Å². The summed E-state index contributed by atoms with van der Waals surface area (Å²) in [6, 6.07) is 5.46. The van der Waals surface area contributed by atoms with Crippen LogP contribution >= 0.6 is 11.6 Å². The van der Waals surface area contributed by atoms with Crippen molar-refractivity contribution in [3.8, 4) is 0 Å². The Morgan fingerprint density at radius 3 is 2.50 bits per heavy atom. The van der Waals surface area contributed by atoms with Crippen LogP contribution in [-0.2, 0) is 10.3 Å². The van der Waals surface area contributed by atoms with Crippen LogP contribution in [0.25, 0.3) is 0 Å². The molecule has 1 N–H and O–H groups in total. The van der Waals surface area contributed by atoms with Crippen LogP contribution in [0.2, 0.25) is 5.02 Å². The molecule has 0 saturated carbocycles. The number of benzene rings is 1. The summed E-state index contributed by atoms with van der Waals surface area (Å²) >= 11 is 6.07. The number of amides is 1. The van der Waals surface area contributed by atoms with Crippen LogP contribution in [0.4, 0.5) is 4.79 Å². The minimum Gasteiger partial charge on any atom is -0.444 e. The van der Waals surface area contributed by atoms with Gasteiger partial charge in [-0.1, -0.05) is 23.7 Å². The Balaban J connectivity index is 2.03. The number of β-amino-alcohol motifs (C(OH)–C–C–N with tert-alkyl or cyclic N) is 1. The second kappa shape index (κ2) is 4.93. The van der Waals surface area contributed by atoms with Crippen molar-refractivity contribution in [1.82, 2.24) is 4.90 Å². The first kappa shape index (κ1) is 15.1. The molecule has 0 aromatic heterocycles. The van der Waals surface area contributed by atoms with Crippen LogP contribution in [0.3, 0.4) is 0 Å². The van der Waals surface area contributed by atoms with Gasteiger partial charge >= 0.3 is 6.09 Å². The summed E-state index contributed by atoms with van der Waals surface area (Å²) in [4.78, 5) is 13.3. The van der Waals surface area contributed by atoms with Gasteiger partial charge in [-0.2, -0.15) is 0 Å². The Bertz CT molecular complexity index is 530. The van der Waals surface area contributed by atoms with Crippen molar-refractivity contribution < 1.29 is 14.6 Å². The third-order valence-electron chi connectivity index (χ3n) is 3.27. The first-order valence-electron chi connectivity index (χ1n) is 6.58. The van der Waals surface area contributed by atoms with Crippen LogP contribution in [-0.4, -0.2) is 34.8 Å². The number of carbonyl (C=O) groups excluding carboxylic acids is 1. The average Bonchev–Trinajstić information content (AvgIpc) is 2.26. The number of hydrogen-bond donors (Lipinski definition) is 1. The lowest BCUT2D eigenvalue weighted by Gasteiger charge is -2.46. The largest absolute Gasteiger partial charge is 0.444 e. The fourth-order valence-corrected chi connectivity index (χ4v) is 2.29. The molecule has 1 aromatic carbocycles. The van der Waals surface area contributed by atoms with Crippen molar-refractivity contribution in [1.29, 1.82) is 0 Å². The van der Waals surface area contributed by atoms with E-state index < -0.39 is 17.3 Å². The van der Waals surface area contributed by atoms with Crippen molar-refractivity contribution in [3.05, 3.63) is 34.3 Å². The highest BCUT2D eigenvalue weighted by Gasteiger charge is 2.46. The van der Waals surface area contributed by atoms with Gasteiger partial charge in [0.2, 0.25) is 0 Å². The van der Waals surface area contributed by atoms with Gasteiger partial charge < -0.3 is 14.7 Å². The van der Waals surface area contributed by atoms with E-state index in [9.17, 15) is 9.90 Å². The molecule has 1 amide bonds. The van der Waals surface area contributed by atoms with E-state index in [1.165, 1.54) is 4.90 Å². The molecule has 1 aromatic rings. The lowest BCUT2D eigenvalue weighted by atomic mass is 9.86. The fraction of sp³-hybridized carbons (Fsp3) is 0.533. The van der Waals surface area contributed by atoms with Gasteiger partial charge in [0.05, 0.1) is 13.1 Å². The summed E-state index contributed by atoms with van der Waals surface area (Å²) in [6.45, 7) is 7.80. The molecule has 4 nitrogen and oxygen atoms in total. The minimum atomic E-state index is -1.03. The predicted octanol–water partition coefficient (Wildman–Crippen LogP) is 3.09. The van der Waals surface area contributed by atoms with Gasteiger partial charge in [-0.05, 0) is 44.9 Å². The number of ether oxygens (including phenoxy) is 1. The molecule has 0 unspecified atom stereocenters. The number of aryl methyl sites for hydroxylation is 1. The van der Waals surface area contributed by atoms with Gasteiger partial charge in [0.25, 0.3) is 0 Å². The molecule has 1 saturated heterocycles. The van der Waals surface area contributed by atoms with Gasteiger partial charge in [-0.25, -0.2) is 4.79 Å². The number of aliphatic hydroxyl groups is 1. The maximum Gasteiger partial charge on any atom is 0.410 e. The average molecular weight is 298 g/mol. The summed E-state index contributed by atoms with van der Waals surface area (Å²) in [5.41, 5.74) is 0.127.